The first-order valence-electron chi connectivity index (χ1n) is 23.3. The zero-order valence-corrected chi connectivity index (χ0v) is 42.0. The van der Waals surface area contributed by atoms with Gasteiger partial charge in [-0.3, -0.25) is 43.3 Å². The zero-order valence-electron chi connectivity index (χ0n) is 40.3. The fourth-order valence-electron chi connectivity index (χ4n) is 7.47. The van der Waals surface area contributed by atoms with Gasteiger partial charge in [0.2, 0.25) is 47.3 Å². The van der Waals surface area contributed by atoms with E-state index in [1.165, 1.54) is 33.3 Å². The summed E-state index contributed by atoms with van der Waals surface area (Å²) >= 11 is 0. The molecule has 0 unspecified atom stereocenters. The number of carbonyl (C=O) groups is 9. The number of fused-ring (bicyclic) bond motifs is 1. The minimum Gasteiger partial charge on any atom is -0.480 e. The molecule has 1 fully saturated rings. The van der Waals surface area contributed by atoms with E-state index in [4.69, 9.17) is 11.5 Å². The number of rotatable bonds is 12. The van der Waals surface area contributed by atoms with Crippen molar-refractivity contribution >= 4 is 91.5 Å². The first kappa shape index (κ1) is 56.2. The Morgan fingerprint density at radius 1 is 0.658 bits per heavy atom. The van der Waals surface area contributed by atoms with Crippen LogP contribution in [0.15, 0.2) is 90.3 Å². The molecular weight excluding hydrogens is 983 g/mol. The molecule has 0 saturated carbocycles. The second kappa shape index (κ2) is 27.8. The predicted octanol–water partition coefficient (Wildman–Crippen LogP) is -0.938. The summed E-state index contributed by atoms with van der Waals surface area (Å²) in [5, 5.41) is 32.8. The highest BCUT2D eigenvalue weighted by atomic mass is 33.1. The third-order valence-corrected chi connectivity index (χ3v) is 13.8. The molecule has 0 spiro atoms. The summed E-state index contributed by atoms with van der Waals surface area (Å²) in [7, 11) is 1.99. The molecule has 25 heteroatoms. The van der Waals surface area contributed by atoms with Crippen LogP contribution in [-0.2, 0) is 62.4 Å². The highest BCUT2D eigenvalue weighted by molar-refractivity contribution is 8.76. The van der Waals surface area contributed by atoms with Crippen LogP contribution in [0.4, 0.5) is 0 Å². The van der Waals surface area contributed by atoms with Gasteiger partial charge in [-0.15, -0.1) is 0 Å². The second-order valence-electron chi connectivity index (χ2n) is 17.2. The number of hydrogen-bond acceptors (Lipinski definition) is 13. The Morgan fingerprint density at radius 3 is 1.84 bits per heavy atom. The summed E-state index contributed by atoms with van der Waals surface area (Å²) in [5.74, 6) is -8.22. The lowest BCUT2D eigenvalue weighted by Gasteiger charge is -2.28. The van der Waals surface area contributed by atoms with Gasteiger partial charge in [0, 0.05) is 56.1 Å². The zero-order chi connectivity index (χ0) is 53.0. The Hall–Kier alpha value is -7.67. The molecule has 1 aliphatic rings. The van der Waals surface area contributed by atoms with Crippen LogP contribution in [0, 0.1) is 0 Å². The van der Waals surface area contributed by atoms with Crippen molar-refractivity contribution in [1.29, 1.82) is 0 Å². The van der Waals surface area contributed by atoms with Crippen LogP contribution >= 0.6 is 21.6 Å². The van der Waals surface area contributed by atoms with Gasteiger partial charge in [-0.2, -0.15) is 0 Å². The molecule has 8 amide bonds. The van der Waals surface area contributed by atoms with Crippen LogP contribution < -0.4 is 54.0 Å². The number of carboxylic acids is 1. The number of aromatic amines is 1. The van der Waals surface area contributed by atoms with Crippen LogP contribution in [0.2, 0.25) is 0 Å². The highest BCUT2D eigenvalue weighted by Crippen LogP contribution is 2.24. The summed E-state index contributed by atoms with van der Waals surface area (Å²) < 4.78 is 0. The number of H-pyrrole nitrogens is 1. The van der Waals surface area contributed by atoms with Crippen LogP contribution in [0.3, 0.4) is 0 Å². The lowest BCUT2D eigenvalue weighted by Crippen LogP contribution is -2.60. The molecule has 5 rings (SSSR count). The summed E-state index contributed by atoms with van der Waals surface area (Å²) in [6.45, 7) is 3.94. The maximum atomic E-state index is 14.6. The van der Waals surface area contributed by atoms with Crippen molar-refractivity contribution in [1.82, 2.24) is 52.5 Å². The van der Waals surface area contributed by atoms with Crippen LogP contribution in [0.5, 0.6) is 0 Å². The van der Waals surface area contributed by atoms with Crippen LogP contribution in [0.25, 0.3) is 10.8 Å². The quantitative estimate of drug-likeness (QED) is 0.0353. The Labute approximate surface area is 428 Å². The first-order valence-corrected chi connectivity index (χ1v) is 25.8. The standard InChI is InChI=1S/C48H61N13O10S2/c1-26-40(63)58-37(21-33-22-51-25-53-33)45(68)60-35(19-29-10-5-4-6-11-29)44(67)57-34(14-9-17-52-48(49)50)42(65)59-36(20-30-15-16-31-12-7-8-13-32(31)18-30)43(66)54-27(2)41(64)61-39(47(70)71)24-73-72-23-38(46(69)55-26)56-28(3)62/h4-8,10-13,15-16,18,22,25-27,34-39H,9,14,17,19-21,23-24H2,1-3H3,(H,51,53)(H,54,66)(H,55,69)(H,56,62)(H,57,67)(H,58,63)(H,59,65)(H,60,68)(H,61,64)(H,70,71)(H4,49,50,52)/t26-,27+,34+,35-,36+,37+,38+,39+/m1/s1. The van der Waals surface area contributed by atoms with Crippen molar-refractivity contribution in [2.24, 2.45) is 16.5 Å². The SMILES string of the molecule is CC(=O)N[C@H]1CSSC[C@@H](C(=O)O)NC(=O)[C@H](C)NC(=O)[C@H](Cc2ccc3ccccc3c2)NC(=O)[C@H](CCCN=C(N)N)NC(=O)[C@@H](Cc2ccccc2)NC(=O)[C@H](Cc2cnc[nH]2)NC(=O)[C@@H](C)NC1=O. The molecule has 14 N–H and O–H groups in total. The molecule has 1 aliphatic heterocycles. The molecule has 1 saturated heterocycles. The van der Waals surface area contributed by atoms with Gasteiger partial charge < -0.3 is 64.1 Å². The number of amides is 8. The van der Waals surface area contributed by atoms with Gasteiger partial charge in [-0.05, 0) is 48.6 Å². The molecule has 0 aliphatic carbocycles. The van der Waals surface area contributed by atoms with Crippen LogP contribution in [-0.4, -0.2) is 141 Å². The molecule has 8 atom stereocenters. The number of nitrogens with zero attached hydrogens (tertiary/aromatic N) is 2. The number of aliphatic imine (C=N–C) groups is 1. The van der Waals surface area contributed by atoms with E-state index in [0.29, 0.717) is 16.8 Å². The molecule has 4 aromatic rings. The fourth-order valence-corrected chi connectivity index (χ4v) is 9.79. The smallest absolute Gasteiger partial charge is 0.327 e. The third-order valence-electron chi connectivity index (χ3n) is 11.4. The molecule has 0 bridgehead atoms. The number of imidazole rings is 1. The summed E-state index contributed by atoms with van der Waals surface area (Å²) in [6.07, 6.45) is 2.57. The van der Waals surface area contributed by atoms with E-state index in [9.17, 15) is 48.3 Å². The minimum atomic E-state index is -1.48. The molecular formula is C48H61N13O10S2. The molecule has 0 radical (unpaired) electrons. The van der Waals surface area contributed by atoms with Gasteiger partial charge in [0.15, 0.2) is 5.96 Å². The van der Waals surface area contributed by atoms with Crippen molar-refractivity contribution in [2.75, 3.05) is 18.1 Å². The van der Waals surface area contributed by atoms with E-state index in [0.717, 1.165) is 32.4 Å². The number of carbonyl (C=O) groups excluding carboxylic acids is 8. The molecule has 3 aromatic carbocycles. The van der Waals surface area contributed by atoms with Gasteiger partial charge >= 0.3 is 5.97 Å². The number of aromatic nitrogens is 2. The van der Waals surface area contributed by atoms with Crippen molar-refractivity contribution < 1.29 is 48.3 Å². The van der Waals surface area contributed by atoms with E-state index in [1.54, 1.807) is 36.4 Å². The molecule has 23 nitrogen and oxygen atoms in total. The maximum absolute atomic E-state index is 14.6. The van der Waals surface area contributed by atoms with Gasteiger partial charge in [-0.25, -0.2) is 9.78 Å². The lowest BCUT2D eigenvalue weighted by atomic mass is 10.00. The number of nitrogens with one attached hydrogen (secondary N) is 9. The van der Waals surface area contributed by atoms with E-state index in [1.807, 2.05) is 36.4 Å². The minimum absolute atomic E-state index is 0.0517. The summed E-state index contributed by atoms with van der Waals surface area (Å²) in [4.78, 5) is 134. The van der Waals surface area contributed by atoms with Gasteiger partial charge in [-0.1, -0.05) is 94.4 Å². The van der Waals surface area contributed by atoms with Crippen molar-refractivity contribution in [3.63, 3.8) is 0 Å². The number of nitrogens with two attached hydrogens (primary N) is 2. The number of hydrogen-bond donors (Lipinski definition) is 12. The predicted molar refractivity (Wildman–Crippen MR) is 275 cm³/mol. The highest BCUT2D eigenvalue weighted by Gasteiger charge is 2.34. The molecule has 73 heavy (non-hydrogen) atoms. The van der Waals surface area contributed by atoms with E-state index in [-0.39, 0.29) is 56.1 Å². The molecule has 2 heterocycles. The van der Waals surface area contributed by atoms with E-state index < -0.39 is 102 Å². The van der Waals surface area contributed by atoms with E-state index in [2.05, 4.69) is 57.5 Å². The van der Waals surface area contributed by atoms with Crippen molar-refractivity contribution in [2.45, 2.75) is 101 Å². The average molecular weight is 1040 g/mol. The van der Waals surface area contributed by atoms with E-state index >= 15 is 0 Å². The van der Waals surface area contributed by atoms with Crippen molar-refractivity contribution in [3.8, 4) is 0 Å². The summed E-state index contributed by atoms with van der Waals surface area (Å²) in [6, 6.07) is 10.9. The molecule has 390 valence electrons. The van der Waals surface area contributed by atoms with Gasteiger partial charge in [0.05, 0.1) is 6.33 Å². The second-order valence-corrected chi connectivity index (χ2v) is 19.8. The Morgan fingerprint density at radius 2 is 1.21 bits per heavy atom. The van der Waals surface area contributed by atoms with Gasteiger partial charge in [0.25, 0.3) is 0 Å². The number of guanidine groups is 1. The van der Waals surface area contributed by atoms with Gasteiger partial charge in [0.1, 0.15) is 48.3 Å². The van der Waals surface area contributed by atoms with Crippen LogP contribution in [0.1, 0.15) is 50.4 Å². The topological polar surface area (TPSA) is 363 Å². The first-order chi connectivity index (χ1) is 34.9. The third kappa shape index (κ3) is 18.2. The summed E-state index contributed by atoms with van der Waals surface area (Å²) in [5.41, 5.74) is 12.8. The number of aliphatic carboxylic acids is 1. The average Bonchev–Trinajstić information content (AvgIpc) is 3.87. The Kier molecular flexibility index (Phi) is 21.4. The lowest BCUT2D eigenvalue weighted by molar-refractivity contribution is -0.141. The normalized spacial score (nSPS) is 23.5. The Bertz CT molecular complexity index is 2620. The number of benzene rings is 3. The fraction of sp³-hybridized carbons (Fsp3) is 0.396. The molecule has 1 aromatic heterocycles. The maximum Gasteiger partial charge on any atom is 0.327 e. The number of carboxylic acid groups (broad SMARTS) is 1. The largest absolute Gasteiger partial charge is 0.480 e. The van der Waals surface area contributed by atoms with Crippen molar-refractivity contribution in [3.05, 3.63) is 102 Å². The monoisotopic (exact) mass is 1040 g/mol. The Balaban J connectivity index is 1.54.